The van der Waals surface area contributed by atoms with Crippen LogP contribution >= 0.6 is 0 Å². The van der Waals surface area contributed by atoms with Gasteiger partial charge < -0.3 is 20.3 Å². The Morgan fingerprint density at radius 2 is 0.661 bits per heavy atom. The van der Waals surface area contributed by atoms with Crippen LogP contribution in [0.4, 0.5) is 0 Å². The first-order valence-electron chi connectivity index (χ1n) is 28.3. The summed E-state index contributed by atoms with van der Waals surface area (Å²) >= 11 is 0. The van der Waals surface area contributed by atoms with E-state index >= 15 is 0 Å². The van der Waals surface area contributed by atoms with Gasteiger partial charge in [0.1, 0.15) is 0 Å². The van der Waals surface area contributed by atoms with E-state index in [1.807, 2.05) is 0 Å². The molecule has 2 unspecified atom stereocenters. The minimum Gasteiger partial charge on any atom is -0.466 e. The molecule has 370 valence electrons. The van der Waals surface area contributed by atoms with Crippen molar-refractivity contribution >= 4 is 11.9 Å². The third-order valence-electron chi connectivity index (χ3n) is 13.4. The SMILES string of the molecule is CCCCCCCCCCCCCCCCCCCCC(O)C(CO)NC(=O)CCCCCCCCCCCCCCCCCCOC(=O)CCCCCCCCCCCCC. The summed E-state index contributed by atoms with van der Waals surface area (Å²) in [5.74, 6) is -0.0345. The smallest absolute Gasteiger partial charge is 0.305 e. The van der Waals surface area contributed by atoms with E-state index in [1.165, 1.54) is 244 Å². The van der Waals surface area contributed by atoms with Crippen LogP contribution in [0, 0.1) is 0 Å². The Hall–Kier alpha value is -1.14. The minimum atomic E-state index is -0.667. The highest BCUT2D eigenvalue weighted by atomic mass is 16.5. The van der Waals surface area contributed by atoms with Gasteiger partial charge in [0.25, 0.3) is 0 Å². The molecule has 1 amide bonds. The van der Waals surface area contributed by atoms with Crippen molar-refractivity contribution in [2.45, 2.75) is 334 Å². The first-order chi connectivity index (χ1) is 30.5. The number of amides is 1. The second-order valence-electron chi connectivity index (χ2n) is 19.6. The molecule has 0 heterocycles. The van der Waals surface area contributed by atoms with Crippen molar-refractivity contribution in [3.05, 3.63) is 0 Å². The highest BCUT2D eigenvalue weighted by molar-refractivity contribution is 5.76. The fourth-order valence-electron chi connectivity index (χ4n) is 9.05. The van der Waals surface area contributed by atoms with Gasteiger partial charge in [-0.3, -0.25) is 9.59 Å². The third kappa shape index (κ3) is 48.3. The summed E-state index contributed by atoms with van der Waals surface area (Å²) in [6.07, 6.45) is 59.4. The molecule has 0 aromatic heterocycles. The summed E-state index contributed by atoms with van der Waals surface area (Å²) in [5.41, 5.74) is 0. The van der Waals surface area contributed by atoms with Crippen LogP contribution in [0.15, 0.2) is 0 Å². The second-order valence-corrected chi connectivity index (χ2v) is 19.6. The summed E-state index contributed by atoms with van der Waals surface area (Å²) in [7, 11) is 0. The van der Waals surface area contributed by atoms with Crippen LogP contribution in [0.3, 0.4) is 0 Å². The van der Waals surface area contributed by atoms with Gasteiger partial charge in [-0.15, -0.1) is 0 Å². The molecule has 0 saturated heterocycles. The molecule has 6 heteroatoms. The molecule has 6 nitrogen and oxygen atoms in total. The van der Waals surface area contributed by atoms with Crippen LogP contribution in [-0.2, 0) is 14.3 Å². The maximum atomic E-state index is 12.5. The number of hydrogen-bond donors (Lipinski definition) is 3. The van der Waals surface area contributed by atoms with E-state index in [2.05, 4.69) is 19.2 Å². The lowest BCUT2D eigenvalue weighted by Gasteiger charge is -2.22. The van der Waals surface area contributed by atoms with Crippen LogP contribution in [0.25, 0.3) is 0 Å². The lowest BCUT2D eigenvalue weighted by atomic mass is 10.0. The molecule has 0 radical (unpaired) electrons. The average molecular weight is 879 g/mol. The highest BCUT2D eigenvalue weighted by Gasteiger charge is 2.20. The Kier molecular flexibility index (Phi) is 51.5. The normalized spacial score (nSPS) is 12.5. The third-order valence-corrected chi connectivity index (χ3v) is 13.4. The zero-order valence-electron chi connectivity index (χ0n) is 42.1. The maximum Gasteiger partial charge on any atom is 0.305 e. The van der Waals surface area contributed by atoms with Crippen molar-refractivity contribution in [1.82, 2.24) is 5.32 Å². The van der Waals surface area contributed by atoms with E-state index in [9.17, 15) is 19.8 Å². The molecule has 0 bridgehead atoms. The summed E-state index contributed by atoms with van der Waals surface area (Å²) in [5, 5.41) is 23.3. The highest BCUT2D eigenvalue weighted by Crippen LogP contribution is 2.18. The molecule has 0 fully saturated rings. The number of unbranched alkanes of at least 4 members (excludes halogenated alkanes) is 42. The standard InChI is InChI=1S/C56H111NO5/c1-3-5-7-9-11-13-15-16-17-18-19-22-25-29-32-36-40-44-48-54(59)53(52-58)57-55(60)49-45-41-37-33-30-26-23-20-21-24-27-31-35-39-43-47-51-62-56(61)50-46-42-38-34-28-14-12-10-8-6-4-2/h53-54,58-59H,3-52H2,1-2H3,(H,57,60). The number of aliphatic hydroxyl groups excluding tert-OH is 2. The summed E-state index contributed by atoms with van der Waals surface area (Å²) in [6.45, 7) is 4.96. The van der Waals surface area contributed by atoms with Crippen molar-refractivity contribution in [2.75, 3.05) is 13.2 Å². The molecular formula is C56H111NO5. The van der Waals surface area contributed by atoms with E-state index in [1.54, 1.807) is 0 Å². The molecule has 0 rings (SSSR count). The molecule has 0 saturated carbocycles. The van der Waals surface area contributed by atoms with Crippen molar-refractivity contribution in [1.29, 1.82) is 0 Å². The van der Waals surface area contributed by atoms with Gasteiger partial charge >= 0.3 is 5.97 Å². The van der Waals surface area contributed by atoms with E-state index < -0.39 is 12.1 Å². The molecule has 0 aliphatic heterocycles. The predicted octanol–water partition coefficient (Wildman–Crippen LogP) is 17.1. The Morgan fingerprint density at radius 1 is 0.387 bits per heavy atom. The monoisotopic (exact) mass is 878 g/mol. The van der Waals surface area contributed by atoms with Gasteiger partial charge in [-0.05, 0) is 25.7 Å². The average Bonchev–Trinajstić information content (AvgIpc) is 3.27. The van der Waals surface area contributed by atoms with E-state index in [0.717, 1.165) is 44.9 Å². The zero-order valence-corrected chi connectivity index (χ0v) is 42.1. The Bertz CT molecular complexity index is 882. The topological polar surface area (TPSA) is 95.9 Å². The zero-order chi connectivity index (χ0) is 45.1. The Morgan fingerprint density at radius 3 is 0.984 bits per heavy atom. The molecule has 0 spiro atoms. The van der Waals surface area contributed by atoms with Crippen LogP contribution in [0.2, 0.25) is 0 Å². The van der Waals surface area contributed by atoms with Crippen LogP contribution in [-0.4, -0.2) is 47.4 Å². The van der Waals surface area contributed by atoms with Crippen LogP contribution in [0.5, 0.6) is 0 Å². The number of carbonyl (C=O) groups excluding carboxylic acids is 2. The van der Waals surface area contributed by atoms with Crippen LogP contribution < -0.4 is 5.32 Å². The van der Waals surface area contributed by atoms with Gasteiger partial charge in [0.05, 0.1) is 25.4 Å². The summed E-state index contributed by atoms with van der Waals surface area (Å²) in [6, 6.07) is -0.545. The first-order valence-corrected chi connectivity index (χ1v) is 28.3. The van der Waals surface area contributed by atoms with Crippen molar-refractivity contribution < 1.29 is 24.5 Å². The van der Waals surface area contributed by atoms with Crippen LogP contribution in [0.1, 0.15) is 322 Å². The molecule has 0 aliphatic carbocycles. The molecule has 0 aliphatic rings. The predicted molar refractivity (Wildman–Crippen MR) is 269 cm³/mol. The minimum absolute atomic E-state index is 0.00383. The molecule has 2 atom stereocenters. The largest absolute Gasteiger partial charge is 0.466 e. The number of aliphatic hydroxyl groups is 2. The lowest BCUT2D eigenvalue weighted by molar-refractivity contribution is -0.143. The van der Waals surface area contributed by atoms with Gasteiger partial charge in [-0.2, -0.15) is 0 Å². The second kappa shape index (κ2) is 52.5. The number of esters is 1. The van der Waals surface area contributed by atoms with Gasteiger partial charge in [0.15, 0.2) is 0 Å². The summed E-state index contributed by atoms with van der Waals surface area (Å²) < 4.78 is 5.46. The molecular weight excluding hydrogens is 767 g/mol. The van der Waals surface area contributed by atoms with Gasteiger partial charge in [0, 0.05) is 12.8 Å². The lowest BCUT2D eigenvalue weighted by Crippen LogP contribution is -2.45. The Labute approximate surface area is 387 Å². The molecule has 62 heavy (non-hydrogen) atoms. The first kappa shape index (κ1) is 60.9. The number of hydrogen-bond acceptors (Lipinski definition) is 5. The molecule has 3 N–H and O–H groups in total. The van der Waals surface area contributed by atoms with Gasteiger partial charge in [0.2, 0.25) is 5.91 Å². The maximum absolute atomic E-state index is 12.5. The van der Waals surface area contributed by atoms with Gasteiger partial charge in [-0.25, -0.2) is 0 Å². The molecule has 0 aromatic rings. The Balaban J connectivity index is 3.42. The van der Waals surface area contributed by atoms with Crippen molar-refractivity contribution in [2.24, 2.45) is 0 Å². The fourth-order valence-corrected chi connectivity index (χ4v) is 9.05. The number of ether oxygens (including phenoxy) is 1. The number of nitrogens with one attached hydrogen (secondary N) is 1. The fraction of sp³-hybridized carbons (Fsp3) is 0.964. The summed E-state index contributed by atoms with van der Waals surface area (Å²) in [4.78, 5) is 24.5. The van der Waals surface area contributed by atoms with E-state index in [-0.39, 0.29) is 18.5 Å². The number of carbonyl (C=O) groups is 2. The molecule has 0 aromatic carbocycles. The van der Waals surface area contributed by atoms with E-state index in [0.29, 0.717) is 25.9 Å². The van der Waals surface area contributed by atoms with Crippen molar-refractivity contribution in [3.8, 4) is 0 Å². The quantitative estimate of drug-likeness (QED) is 0.0418. The van der Waals surface area contributed by atoms with E-state index in [4.69, 9.17) is 4.74 Å². The number of rotatable bonds is 53. The van der Waals surface area contributed by atoms with Crippen molar-refractivity contribution in [3.63, 3.8) is 0 Å². The van der Waals surface area contributed by atoms with Gasteiger partial charge in [-0.1, -0.05) is 284 Å².